The number of benzene rings is 2. The van der Waals surface area contributed by atoms with Gasteiger partial charge in [-0.25, -0.2) is 0 Å². The Morgan fingerprint density at radius 1 is 0.967 bits per heavy atom. The van der Waals surface area contributed by atoms with Gasteiger partial charge in [0.25, 0.3) is 0 Å². The minimum absolute atomic E-state index is 0.0632. The first-order chi connectivity index (χ1) is 14.4. The van der Waals surface area contributed by atoms with Crippen molar-refractivity contribution >= 4 is 23.3 Å². The third kappa shape index (κ3) is 7.42. The smallest absolute Gasteiger partial charge is 0.313 e. The van der Waals surface area contributed by atoms with Crippen LogP contribution >= 0.6 is 0 Å². The molecule has 0 saturated carbocycles. The van der Waals surface area contributed by atoms with E-state index in [1.54, 1.807) is 31.4 Å². The Morgan fingerprint density at radius 2 is 1.63 bits per heavy atom. The van der Waals surface area contributed by atoms with Gasteiger partial charge < -0.3 is 20.3 Å². The van der Waals surface area contributed by atoms with Gasteiger partial charge in [0.2, 0.25) is 0 Å². The van der Waals surface area contributed by atoms with Crippen LogP contribution in [-0.4, -0.2) is 56.4 Å². The molecule has 2 rings (SSSR count). The minimum Gasteiger partial charge on any atom is -0.383 e. The van der Waals surface area contributed by atoms with Crippen molar-refractivity contribution in [2.24, 2.45) is 0 Å². The summed E-state index contributed by atoms with van der Waals surface area (Å²) in [5.41, 5.74) is 1.93. The monoisotopic (exact) mass is 411 g/mol. The van der Waals surface area contributed by atoms with E-state index < -0.39 is 11.8 Å². The Balaban J connectivity index is 2.00. The summed E-state index contributed by atoms with van der Waals surface area (Å²) in [5.74, 6) is -1.52. The third-order valence-corrected chi connectivity index (χ3v) is 4.74. The van der Waals surface area contributed by atoms with E-state index in [2.05, 4.69) is 15.5 Å². The van der Waals surface area contributed by atoms with E-state index in [1.165, 1.54) is 6.92 Å². The number of hydrogen-bond acceptors (Lipinski definition) is 5. The maximum Gasteiger partial charge on any atom is 0.313 e. The second-order valence-electron chi connectivity index (χ2n) is 7.11. The van der Waals surface area contributed by atoms with Gasteiger partial charge in [0, 0.05) is 31.5 Å². The van der Waals surface area contributed by atoms with Gasteiger partial charge >= 0.3 is 11.8 Å². The van der Waals surface area contributed by atoms with E-state index in [0.717, 1.165) is 18.7 Å². The summed E-state index contributed by atoms with van der Waals surface area (Å²) in [6.07, 6.45) is 0.649. The zero-order valence-corrected chi connectivity index (χ0v) is 17.7. The molecule has 0 aliphatic rings. The number of carbonyl (C=O) groups excluding carboxylic acids is 3. The van der Waals surface area contributed by atoms with Crippen molar-refractivity contribution in [3.8, 4) is 0 Å². The number of ketones is 1. The molecule has 7 nitrogen and oxygen atoms in total. The third-order valence-electron chi connectivity index (χ3n) is 4.74. The van der Waals surface area contributed by atoms with Gasteiger partial charge in [0.1, 0.15) is 0 Å². The largest absolute Gasteiger partial charge is 0.383 e. The fraction of sp³-hybridized carbons (Fsp3) is 0.348. The maximum absolute atomic E-state index is 12.5. The number of nitrogens with zero attached hydrogens (tertiary/aromatic N) is 1. The van der Waals surface area contributed by atoms with E-state index in [9.17, 15) is 14.4 Å². The quantitative estimate of drug-likeness (QED) is 0.464. The van der Waals surface area contributed by atoms with E-state index in [1.807, 2.05) is 37.4 Å². The summed E-state index contributed by atoms with van der Waals surface area (Å²) < 4.78 is 5.09. The molecule has 2 N–H and O–H groups in total. The van der Waals surface area contributed by atoms with Gasteiger partial charge in [-0.15, -0.1) is 0 Å². The number of amides is 2. The predicted octanol–water partition coefficient (Wildman–Crippen LogP) is 2.65. The molecule has 1 atom stereocenters. The lowest BCUT2D eigenvalue weighted by Gasteiger charge is -2.23. The molecule has 2 aromatic carbocycles. The number of anilines is 1. The van der Waals surface area contributed by atoms with Crippen molar-refractivity contribution in [1.82, 2.24) is 10.2 Å². The number of methoxy groups -OCH3 is 1. The van der Waals surface area contributed by atoms with Gasteiger partial charge in [-0.3, -0.25) is 14.4 Å². The molecule has 0 aliphatic carbocycles. The molecule has 0 heterocycles. The molecular weight excluding hydrogens is 382 g/mol. The lowest BCUT2D eigenvalue weighted by molar-refractivity contribution is -0.136. The molecule has 0 saturated heterocycles. The number of hydrogen-bond donors (Lipinski definition) is 2. The molecular formula is C23H29N3O4. The average molecular weight is 412 g/mol. The number of carbonyl (C=O) groups is 3. The Kier molecular flexibility index (Phi) is 9.18. The first-order valence-corrected chi connectivity index (χ1v) is 9.86. The standard InChI is InChI=1S/C23H29N3O4/c1-17(27)18-9-11-20(12-10-18)24-22(28)23(29)25-21(19-7-5-4-6-8-19)13-14-26(2)15-16-30-3/h4-12,21H,13-16H2,1-3H3,(H,24,28)(H,25,29)/t21-/m1/s1. The van der Waals surface area contributed by atoms with Crippen molar-refractivity contribution in [2.75, 3.05) is 39.2 Å². The summed E-state index contributed by atoms with van der Waals surface area (Å²) in [6.45, 7) is 3.61. The Bertz CT molecular complexity index is 837. The van der Waals surface area contributed by atoms with E-state index in [-0.39, 0.29) is 11.8 Å². The summed E-state index contributed by atoms with van der Waals surface area (Å²) in [7, 11) is 3.65. The van der Waals surface area contributed by atoms with Crippen LogP contribution in [0.3, 0.4) is 0 Å². The second kappa shape index (κ2) is 11.8. The lowest BCUT2D eigenvalue weighted by atomic mass is 10.0. The van der Waals surface area contributed by atoms with Gasteiger partial charge in [0.05, 0.1) is 12.6 Å². The molecule has 30 heavy (non-hydrogen) atoms. The van der Waals surface area contributed by atoms with Crippen molar-refractivity contribution in [3.05, 3.63) is 65.7 Å². The number of ether oxygens (including phenoxy) is 1. The topological polar surface area (TPSA) is 87.7 Å². The van der Waals surface area contributed by atoms with Gasteiger partial charge in [-0.05, 0) is 50.2 Å². The minimum atomic E-state index is -0.751. The van der Waals surface area contributed by atoms with Crippen LogP contribution in [0.5, 0.6) is 0 Å². The summed E-state index contributed by atoms with van der Waals surface area (Å²) >= 11 is 0. The highest BCUT2D eigenvalue weighted by atomic mass is 16.5. The van der Waals surface area contributed by atoms with Crippen molar-refractivity contribution in [2.45, 2.75) is 19.4 Å². The average Bonchev–Trinajstić information content (AvgIpc) is 2.75. The first-order valence-electron chi connectivity index (χ1n) is 9.86. The van der Waals surface area contributed by atoms with Crippen molar-refractivity contribution in [1.29, 1.82) is 0 Å². The number of likely N-dealkylation sites (N-methyl/N-ethyl adjacent to an activating group) is 1. The highest BCUT2D eigenvalue weighted by molar-refractivity contribution is 6.39. The molecule has 0 spiro atoms. The van der Waals surface area contributed by atoms with Crippen LogP contribution in [0.2, 0.25) is 0 Å². The molecule has 0 fully saturated rings. The summed E-state index contributed by atoms with van der Waals surface area (Å²) in [6, 6.07) is 15.7. The summed E-state index contributed by atoms with van der Waals surface area (Å²) in [5, 5.41) is 5.40. The van der Waals surface area contributed by atoms with Gasteiger partial charge in [-0.1, -0.05) is 30.3 Å². The molecule has 0 aliphatic heterocycles. The predicted molar refractivity (Wildman–Crippen MR) is 116 cm³/mol. The van der Waals surface area contributed by atoms with Crippen LogP contribution < -0.4 is 10.6 Å². The second-order valence-corrected chi connectivity index (χ2v) is 7.11. The van der Waals surface area contributed by atoms with Crippen molar-refractivity contribution in [3.63, 3.8) is 0 Å². The van der Waals surface area contributed by atoms with Crippen LogP contribution in [0.25, 0.3) is 0 Å². The highest BCUT2D eigenvalue weighted by Crippen LogP contribution is 2.17. The Morgan fingerprint density at radius 3 is 2.23 bits per heavy atom. The van der Waals surface area contributed by atoms with Crippen LogP contribution in [0.15, 0.2) is 54.6 Å². The first kappa shape index (κ1) is 23.3. The zero-order chi connectivity index (χ0) is 21.9. The molecule has 2 aromatic rings. The maximum atomic E-state index is 12.5. The molecule has 0 unspecified atom stereocenters. The molecule has 2 amide bonds. The van der Waals surface area contributed by atoms with Crippen LogP contribution in [-0.2, 0) is 14.3 Å². The van der Waals surface area contributed by atoms with Gasteiger partial charge in [-0.2, -0.15) is 0 Å². The molecule has 160 valence electrons. The van der Waals surface area contributed by atoms with Crippen molar-refractivity contribution < 1.29 is 19.1 Å². The molecule has 0 bridgehead atoms. The van der Waals surface area contributed by atoms with Crippen LogP contribution in [0, 0.1) is 0 Å². The summed E-state index contributed by atoms with van der Waals surface area (Å²) in [4.78, 5) is 38.3. The SMILES string of the molecule is COCCN(C)CC[C@@H](NC(=O)C(=O)Nc1ccc(C(C)=O)cc1)c1ccccc1. The van der Waals surface area contributed by atoms with Crippen LogP contribution in [0.1, 0.15) is 35.3 Å². The molecule has 0 radical (unpaired) electrons. The zero-order valence-electron chi connectivity index (χ0n) is 17.7. The fourth-order valence-corrected chi connectivity index (χ4v) is 2.92. The number of nitrogens with one attached hydrogen (secondary N) is 2. The fourth-order valence-electron chi connectivity index (χ4n) is 2.92. The Hall–Kier alpha value is -3.03. The Labute approximate surface area is 177 Å². The van der Waals surface area contributed by atoms with E-state index in [0.29, 0.717) is 24.3 Å². The van der Waals surface area contributed by atoms with E-state index >= 15 is 0 Å². The number of rotatable bonds is 10. The highest BCUT2D eigenvalue weighted by Gasteiger charge is 2.20. The van der Waals surface area contributed by atoms with Gasteiger partial charge in [0.15, 0.2) is 5.78 Å². The molecule has 0 aromatic heterocycles. The normalized spacial score (nSPS) is 11.7. The number of Topliss-reactive ketones (excluding diaryl/α,β-unsaturated/α-hetero) is 1. The van der Waals surface area contributed by atoms with Crippen LogP contribution in [0.4, 0.5) is 5.69 Å². The molecule has 7 heteroatoms. The lowest BCUT2D eigenvalue weighted by Crippen LogP contribution is -2.39. The van der Waals surface area contributed by atoms with E-state index in [4.69, 9.17) is 4.74 Å².